The number of aliphatic hydroxyl groups is 2. The average Bonchev–Trinajstić information content (AvgIpc) is 2.69. The molecule has 8 nitrogen and oxygen atoms in total. The molecule has 1 aliphatic heterocycles. The molecule has 1 saturated heterocycles. The molecule has 2 rings (SSSR count). The van der Waals surface area contributed by atoms with Gasteiger partial charge in [0.1, 0.15) is 12.3 Å². The number of nitrogens with one attached hydrogen (secondary N) is 1. The minimum absolute atomic E-state index is 0.0918. The van der Waals surface area contributed by atoms with Gasteiger partial charge in [0.2, 0.25) is 0 Å². The van der Waals surface area contributed by atoms with E-state index in [9.17, 15) is 19.5 Å². The summed E-state index contributed by atoms with van der Waals surface area (Å²) in [6.45, 7) is 0.829. The number of hydrogen-bond donors (Lipinski definition) is 3. The van der Waals surface area contributed by atoms with E-state index in [4.69, 9.17) is 9.84 Å². The van der Waals surface area contributed by atoms with Crippen molar-refractivity contribution in [2.24, 2.45) is 0 Å². The minimum atomic E-state index is -0.908. The third-order valence-corrected chi connectivity index (χ3v) is 3.04. The summed E-state index contributed by atoms with van der Waals surface area (Å²) >= 11 is 0. The quantitative estimate of drug-likeness (QED) is 0.567. The molecule has 0 amide bonds. The van der Waals surface area contributed by atoms with Crippen molar-refractivity contribution >= 4 is 5.78 Å². The molecule has 1 aromatic rings. The van der Waals surface area contributed by atoms with Crippen LogP contribution in [0, 0.1) is 0 Å². The third-order valence-electron chi connectivity index (χ3n) is 3.04. The number of carbonyl (C=O) groups excluding carboxylic acids is 1. The zero-order chi connectivity index (χ0) is 14.2. The van der Waals surface area contributed by atoms with Gasteiger partial charge in [0.05, 0.1) is 18.3 Å². The highest BCUT2D eigenvalue weighted by atomic mass is 16.5. The van der Waals surface area contributed by atoms with Crippen LogP contribution in [0.2, 0.25) is 0 Å². The Morgan fingerprint density at radius 2 is 2.26 bits per heavy atom. The van der Waals surface area contributed by atoms with E-state index in [0.29, 0.717) is 0 Å². The second kappa shape index (κ2) is 5.08. The van der Waals surface area contributed by atoms with Crippen LogP contribution in [0.3, 0.4) is 0 Å². The lowest BCUT2D eigenvalue weighted by atomic mass is 10.2. The van der Waals surface area contributed by atoms with Crippen molar-refractivity contribution in [3.8, 4) is 0 Å². The summed E-state index contributed by atoms with van der Waals surface area (Å²) in [7, 11) is 0. The van der Waals surface area contributed by atoms with E-state index >= 15 is 0 Å². The van der Waals surface area contributed by atoms with Gasteiger partial charge in [0.25, 0.3) is 5.56 Å². The van der Waals surface area contributed by atoms with Crippen LogP contribution in [-0.4, -0.2) is 44.4 Å². The van der Waals surface area contributed by atoms with Crippen LogP contribution in [0.1, 0.15) is 29.9 Å². The van der Waals surface area contributed by atoms with Gasteiger partial charge in [-0.1, -0.05) is 0 Å². The Balaban J connectivity index is 2.41. The largest absolute Gasteiger partial charge is 0.394 e. The highest BCUT2D eigenvalue weighted by Gasteiger charge is 2.35. The van der Waals surface area contributed by atoms with E-state index in [2.05, 4.69) is 0 Å². The van der Waals surface area contributed by atoms with Gasteiger partial charge in [-0.05, 0) is 6.92 Å². The summed E-state index contributed by atoms with van der Waals surface area (Å²) in [4.78, 5) is 36.4. The summed E-state index contributed by atoms with van der Waals surface area (Å²) in [6, 6.07) is 0. The molecule has 0 aliphatic carbocycles. The van der Waals surface area contributed by atoms with E-state index in [1.165, 1.54) is 6.92 Å². The second-order valence-corrected chi connectivity index (χ2v) is 4.38. The molecule has 3 atom stereocenters. The number of ketones is 1. The topological polar surface area (TPSA) is 122 Å². The van der Waals surface area contributed by atoms with E-state index in [1.807, 2.05) is 4.98 Å². The fourth-order valence-corrected chi connectivity index (χ4v) is 2.00. The highest BCUT2D eigenvalue weighted by molar-refractivity contribution is 5.93. The van der Waals surface area contributed by atoms with Crippen molar-refractivity contribution in [1.82, 2.24) is 9.55 Å². The molecular formula is C11H14N2O6. The van der Waals surface area contributed by atoms with Crippen molar-refractivity contribution in [2.75, 3.05) is 6.61 Å². The van der Waals surface area contributed by atoms with Gasteiger partial charge in [-0.2, -0.15) is 0 Å². The number of carbonyl (C=O) groups is 1. The molecule has 0 saturated carbocycles. The first kappa shape index (κ1) is 13.7. The molecule has 3 N–H and O–H groups in total. The average molecular weight is 270 g/mol. The predicted molar refractivity (Wildman–Crippen MR) is 62.9 cm³/mol. The van der Waals surface area contributed by atoms with E-state index in [1.54, 1.807) is 0 Å². The zero-order valence-electron chi connectivity index (χ0n) is 10.2. The Morgan fingerprint density at radius 3 is 2.79 bits per heavy atom. The summed E-state index contributed by atoms with van der Waals surface area (Å²) in [5, 5.41) is 18.6. The molecule has 1 aromatic heterocycles. The number of aliphatic hydroxyl groups excluding tert-OH is 2. The first-order valence-electron chi connectivity index (χ1n) is 5.74. The van der Waals surface area contributed by atoms with Crippen molar-refractivity contribution < 1.29 is 19.7 Å². The maximum absolute atomic E-state index is 11.7. The Morgan fingerprint density at radius 1 is 1.58 bits per heavy atom. The molecule has 2 heterocycles. The monoisotopic (exact) mass is 270 g/mol. The zero-order valence-corrected chi connectivity index (χ0v) is 10.2. The van der Waals surface area contributed by atoms with Gasteiger partial charge in [0.15, 0.2) is 5.78 Å². The number of aromatic nitrogens is 2. The molecule has 0 bridgehead atoms. The maximum atomic E-state index is 11.7. The molecule has 104 valence electrons. The van der Waals surface area contributed by atoms with Crippen molar-refractivity contribution in [2.45, 2.75) is 31.8 Å². The number of aromatic amines is 1. The Hall–Kier alpha value is -1.77. The molecule has 0 spiro atoms. The van der Waals surface area contributed by atoms with Crippen LogP contribution in [-0.2, 0) is 4.74 Å². The third kappa shape index (κ3) is 2.50. The van der Waals surface area contributed by atoms with E-state index in [-0.39, 0.29) is 18.6 Å². The normalized spacial score (nSPS) is 26.6. The number of hydrogen-bond acceptors (Lipinski definition) is 6. The van der Waals surface area contributed by atoms with Gasteiger partial charge >= 0.3 is 5.69 Å². The summed E-state index contributed by atoms with van der Waals surface area (Å²) in [5.41, 5.74) is -1.65. The Kier molecular flexibility index (Phi) is 3.65. The molecule has 1 fully saturated rings. The second-order valence-electron chi connectivity index (χ2n) is 4.38. The number of nitrogens with zero attached hydrogens (tertiary/aromatic N) is 1. The number of H-pyrrole nitrogens is 1. The van der Waals surface area contributed by atoms with Crippen LogP contribution in [0.25, 0.3) is 0 Å². The lowest BCUT2D eigenvalue weighted by molar-refractivity contribution is -0.0459. The lowest BCUT2D eigenvalue weighted by Crippen LogP contribution is -2.35. The summed E-state index contributed by atoms with van der Waals surface area (Å²) in [6.07, 6.45) is -1.32. The predicted octanol–water partition coefficient (Wildman–Crippen LogP) is -1.62. The number of ether oxygens (including phenoxy) is 1. The minimum Gasteiger partial charge on any atom is -0.394 e. The van der Waals surface area contributed by atoms with Crippen LogP contribution in [0.5, 0.6) is 0 Å². The molecule has 8 heteroatoms. The van der Waals surface area contributed by atoms with Crippen LogP contribution in [0.15, 0.2) is 15.8 Å². The molecule has 19 heavy (non-hydrogen) atoms. The smallest absolute Gasteiger partial charge is 0.330 e. The van der Waals surface area contributed by atoms with Crippen LogP contribution in [0.4, 0.5) is 0 Å². The maximum Gasteiger partial charge on any atom is 0.330 e. The fraction of sp³-hybridized carbons (Fsp3) is 0.545. The van der Waals surface area contributed by atoms with Crippen molar-refractivity contribution in [1.29, 1.82) is 0 Å². The Labute approximate surface area is 107 Å². The van der Waals surface area contributed by atoms with Crippen molar-refractivity contribution in [3.05, 3.63) is 32.6 Å². The first-order valence-corrected chi connectivity index (χ1v) is 5.74. The molecular weight excluding hydrogens is 256 g/mol. The van der Waals surface area contributed by atoms with Gasteiger partial charge in [0, 0.05) is 12.6 Å². The van der Waals surface area contributed by atoms with Gasteiger partial charge in [-0.3, -0.25) is 19.1 Å². The van der Waals surface area contributed by atoms with Gasteiger partial charge < -0.3 is 14.9 Å². The van der Waals surface area contributed by atoms with Crippen LogP contribution >= 0.6 is 0 Å². The molecule has 0 radical (unpaired) electrons. The fourth-order valence-electron chi connectivity index (χ4n) is 2.00. The van der Waals surface area contributed by atoms with Crippen molar-refractivity contribution in [3.63, 3.8) is 0 Å². The SMILES string of the molecule is CC(=O)c1cn(C2CC(O)C(CO)O2)c(=O)[nH]c1=O. The van der Waals surface area contributed by atoms with Gasteiger partial charge in [-0.25, -0.2) is 4.79 Å². The lowest BCUT2D eigenvalue weighted by Gasteiger charge is -2.14. The molecule has 3 unspecified atom stereocenters. The van der Waals surface area contributed by atoms with Crippen LogP contribution < -0.4 is 11.2 Å². The molecule has 0 aromatic carbocycles. The molecule has 1 aliphatic rings. The van der Waals surface area contributed by atoms with E-state index in [0.717, 1.165) is 10.8 Å². The number of rotatable bonds is 3. The summed E-state index contributed by atoms with van der Waals surface area (Å²) in [5.74, 6) is -0.479. The van der Waals surface area contributed by atoms with E-state index < -0.39 is 35.5 Å². The van der Waals surface area contributed by atoms with Gasteiger partial charge in [-0.15, -0.1) is 0 Å². The Bertz CT molecular complexity index is 604. The number of Topliss-reactive ketones (excluding diaryl/α,β-unsaturated/α-hetero) is 1. The summed E-state index contributed by atoms with van der Waals surface area (Å²) < 4.78 is 6.33. The first-order chi connectivity index (χ1) is 8.93. The highest BCUT2D eigenvalue weighted by Crippen LogP contribution is 2.27. The standard InChI is InChI=1S/C11H14N2O6/c1-5(15)6-3-13(11(18)12-10(6)17)9-2-7(16)8(4-14)19-9/h3,7-9,14,16H,2,4H2,1H3,(H,12,17,18).